The summed E-state index contributed by atoms with van der Waals surface area (Å²) in [4.78, 5) is 11.5. The van der Waals surface area contributed by atoms with Gasteiger partial charge >= 0.3 is 5.97 Å². The average molecular weight is 274 g/mol. The Hall–Kier alpha value is -1.61. The molecule has 0 saturated carbocycles. The van der Waals surface area contributed by atoms with Crippen molar-refractivity contribution < 1.29 is 14.3 Å². The van der Waals surface area contributed by atoms with Crippen molar-refractivity contribution in [2.45, 2.75) is 38.7 Å². The van der Waals surface area contributed by atoms with E-state index in [-0.39, 0.29) is 12.1 Å². The van der Waals surface area contributed by atoms with E-state index in [1.807, 2.05) is 13.0 Å². The Bertz CT molecular complexity index is 491. The third-order valence-corrected chi connectivity index (χ3v) is 3.77. The van der Waals surface area contributed by atoms with Crippen LogP contribution in [0.2, 0.25) is 0 Å². The van der Waals surface area contributed by atoms with Crippen molar-refractivity contribution in [1.29, 1.82) is 0 Å². The van der Waals surface area contributed by atoms with E-state index in [9.17, 15) is 4.79 Å². The highest BCUT2D eigenvalue weighted by molar-refractivity contribution is 5.88. The number of ether oxygens (including phenoxy) is 2. The van der Waals surface area contributed by atoms with Crippen LogP contribution in [0.4, 0.5) is 0 Å². The number of carbonyl (C=O) groups excluding carboxylic acids is 1. The maximum absolute atomic E-state index is 11.5. The molecule has 108 valence electrons. The van der Waals surface area contributed by atoms with Gasteiger partial charge in [-0.05, 0) is 42.9 Å². The van der Waals surface area contributed by atoms with Crippen LogP contribution < -0.4 is 0 Å². The number of esters is 1. The second kappa shape index (κ2) is 7.25. The minimum atomic E-state index is -0.264. The molecule has 1 atom stereocenters. The Morgan fingerprint density at radius 1 is 1.40 bits per heavy atom. The highest BCUT2D eigenvalue weighted by atomic mass is 16.5. The van der Waals surface area contributed by atoms with E-state index in [1.165, 1.54) is 18.2 Å². The quantitative estimate of drug-likeness (QED) is 0.608. The van der Waals surface area contributed by atoms with Gasteiger partial charge in [-0.2, -0.15) is 0 Å². The van der Waals surface area contributed by atoms with Gasteiger partial charge in [0, 0.05) is 5.57 Å². The summed E-state index contributed by atoms with van der Waals surface area (Å²) in [5, 5.41) is 0. The van der Waals surface area contributed by atoms with E-state index in [0.717, 1.165) is 19.3 Å². The lowest BCUT2D eigenvalue weighted by Crippen LogP contribution is -2.13. The fourth-order valence-corrected chi connectivity index (χ4v) is 2.65. The Kier molecular flexibility index (Phi) is 5.36. The standard InChI is InChI=1S/C17H22O3/c1-3-13(17(18)19-2)11-12-20-16-10-6-8-14-7-4-5-9-15(14)16/h4-5,7,9,11,16H,3,6,8,10,12H2,1-2H3. The molecule has 20 heavy (non-hydrogen) atoms. The van der Waals surface area contributed by atoms with Gasteiger partial charge in [-0.1, -0.05) is 31.2 Å². The number of hydrogen-bond acceptors (Lipinski definition) is 3. The van der Waals surface area contributed by atoms with Crippen LogP contribution in [-0.2, 0) is 20.7 Å². The number of fused-ring (bicyclic) bond motifs is 1. The van der Waals surface area contributed by atoms with Crippen LogP contribution in [0.5, 0.6) is 0 Å². The first kappa shape index (κ1) is 14.8. The normalized spacial score (nSPS) is 18.5. The maximum atomic E-state index is 11.5. The molecule has 0 spiro atoms. The topological polar surface area (TPSA) is 35.5 Å². The van der Waals surface area contributed by atoms with E-state index in [1.54, 1.807) is 0 Å². The average Bonchev–Trinajstić information content (AvgIpc) is 2.51. The minimum absolute atomic E-state index is 0.145. The first-order valence-corrected chi connectivity index (χ1v) is 7.23. The molecule has 0 heterocycles. The molecule has 1 aromatic rings. The molecule has 0 N–H and O–H groups in total. The van der Waals surface area contributed by atoms with Gasteiger partial charge in [0.1, 0.15) is 0 Å². The zero-order valence-corrected chi connectivity index (χ0v) is 12.2. The highest BCUT2D eigenvalue weighted by Gasteiger charge is 2.19. The summed E-state index contributed by atoms with van der Waals surface area (Å²) in [6.45, 7) is 2.40. The van der Waals surface area contributed by atoms with Gasteiger partial charge in [0.2, 0.25) is 0 Å². The molecule has 0 amide bonds. The van der Waals surface area contributed by atoms with Gasteiger partial charge in [0.15, 0.2) is 0 Å². The fourth-order valence-electron chi connectivity index (χ4n) is 2.65. The summed E-state index contributed by atoms with van der Waals surface area (Å²) in [5.74, 6) is -0.264. The SMILES string of the molecule is CCC(=CCOC1CCCc2ccccc21)C(=O)OC. The van der Waals surface area contributed by atoms with Gasteiger partial charge in [-0.15, -0.1) is 0 Å². The predicted molar refractivity (Wildman–Crippen MR) is 78.5 cm³/mol. The van der Waals surface area contributed by atoms with Crippen molar-refractivity contribution in [2.24, 2.45) is 0 Å². The summed E-state index contributed by atoms with van der Waals surface area (Å²) in [5.41, 5.74) is 3.36. The summed E-state index contributed by atoms with van der Waals surface area (Å²) >= 11 is 0. The maximum Gasteiger partial charge on any atom is 0.333 e. The van der Waals surface area contributed by atoms with E-state index in [0.29, 0.717) is 18.6 Å². The number of hydrogen-bond donors (Lipinski definition) is 0. The third kappa shape index (κ3) is 3.48. The number of carbonyl (C=O) groups is 1. The molecule has 0 aliphatic heterocycles. The molecule has 0 fully saturated rings. The number of aryl methyl sites for hydroxylation is 1. The van der Waals surface area contributed by atoms with Crippen LogP contribution in [0, 0.1) is 0 Å². The second-order valence-corrected chi connectivity index (χ2v) is 4.99. The minimum Gasteiger partial charge on any atom is -0.466 e. The summed E-state index contributed by atoms with van der Waals surface area (Å²) in [6, 6.07) is 8.45. The lowest BCUT2D eigenvalue weighted by atomic mass is 9.89. The molecule has 0 saturated heterocycles. The van der Waals surface area contributed by atoms with E-state index >= 15 is 0 Å². The predicted octanol–water partition coefficient (Wildman–Crippen LogP) is 3.59. The van der Waals surface area contributed by atoms with Crippen molar-refractivity contribution in [1.82, 2.24) is 0 Å². The lowest BCUT2D eigenvalue weighted by Gasteiger charge is -2.25. The second-order valence-electron chi connectivity index (χ2n) is 4.99. The van der Waals surface area contributed by atoms with Crippen LogP contribution in [0.1, 0.15) is 43.4 Å². The van der Waals surface area contributed by atoms with Crippen LogP contribution in [-0.4, -0.2) is 19.7 Å². The van der Waals surface area contributed by atoms with Crippen molar-refractivity contribution in [3.05, 3.63) is 47.0 Å². The Balaban J connectivity index is 1.98. The molecule has 0 aromatic heterocycles. The molecule has 3 heteroatoms. The smallest absolute Gasteiger partial charge is 0.333 e. The van der Waals surface area contributed by atoms with Gasteiger partial charge in [-0.25, -0.2) is 4.79 Å². The summed E-state index contributed by atoms with van der Waals surface area (Å²) < 4.78 is 10.7. The first-order valence-electron chi connectivity index (χ1n) is 7.23. The van der Waals surface area contributed by atoms with Gasteiger partial charge in [0.25, 0.3) is 0 Å². The molecule has 3 nitrogen and oxygen atoms in total. The van der Waals surface area contributed by atoms with Crippen LogP contribution in [0.25, 0.3) is 0 Å². The van der Waals surface area contributed by atoms with Gasteiger partial charge < -0.3 is 9.47 Å². The van der Waals surface area contributed by atoms with E-state index < -0.39 is 0 Å². The monoisotopic (exact) mass is 274 g/mol. The number of methoxy groups -OCH3 is 1. The molecule has 1 aromatic carbocycles. The van der Waals surface area contributed by atoms with Crippen molar-refractivity contribution in [2.75, 3.05) is 13.7 Å². The molecule has 1 aliphatic carbocycles. The largest absolute Gasteiger partial charge is 0.466 e. The molecular formula is C17H22O3. The van der Waals surface area contributed by atoms with E-state index in [2.05, 4.69) is 24.3 Å². The number of benzene rings is 1. The first-order chi connectivity index (χ1) is 9.76. The Morgan fingerprint density at radius 3 is 2.95 bits per heavy atom. The third-order valence-electron chi connectivity index (χ3n) is 3.77. The molecule has 1 aliphatic rings. The van der Waals surface area contributed by atoms with Gasteiger partial charge in [-0.3, -0.25) is 0 Å². The Morgan fingerprint density at radius 2 is 2.20 bits per heavy atom. The molecule has 1 unspecified atom stereocenters. The zero-order chi connectivity index (χ0) is 14.4. The van der Waals surface area contributed by atoms with Crippen LogP contribution in [0.15, 0.2) is 35.9 Å². The van der Waals surface area contributed by atoms with Crippen molar-refractivity contribution in [3.8, 4) is 0 Å². The lowest BCUT2D eigenvalue weighted by molar-refractivity contribution is -0.136. The molecule has 2 rings (SSSR count). The summed E-state index contributed by atoms with van der Waals surface area (Å²) in [6.07, 6.45) is 5.98. The Labute approximate surface area is 120 Å². The number of rotatable bonds is 5. The van der Waals surface area contributed by atoms with Crippen LogP contribution >= 0.6 is 0 Å². The molecule has 0 radical (unpaired) electrons. The molecule has 0 bridgehead atoms. The van der Waals surface area contributed by atoms with Crippen molar-refractivity contribution in [3.63, 3.8) is 0 Å². The summed E-state index contributed by atoms with van der Waals surface area (Å²) in [7, 11) is 1.41. The molecular weight excluding hydrogens is 252 g/mol. The van der Waals surface area contributed by atoms with Crippen LogP contribution in [0.3, 0.4) is 0 Å². The highest BCUT2D eigenvalue weighted by Crippen LogP contribution is 2.32. The fraction of sp³-hybridized carbons (Fsp3) is 0.471. The zero-order valence-electron chi connectivity index (χ0n) is 12.2. The van der Waals surface area contributed by atoms with E-state index in [4.69, 9.17) is 9.47 Å². The van der Waals surface area contributed by atoms with Crippen molar-refractivity contribution >= 4 is 5.97 Å². The van der Waals surface area contributed by atoms with Gasteiger partial charge in [0.05, 0.1) is 19.8 Å².